The van der Waals surface area contributed by atoms with Crippen molar-refractivity contribution < 1.29 is 4.74 Å². The summed E-state index contributed by atoms with van der Waals surface area (Å²) >= 11 is 0. The highest BCUT2D eigenvalue weighted by Gasteiger charge is 2.14. The Labute approximate surface area is 184 Å². The van der Waals surface area contributed by atoms with Gasteiger partial charge in [-0.15, -0.1) is 0 Å². The molecule has 0 aliphatic carbocycles. The van der Waals surface area contributed by atoms with Crippen molar-refractivity contribution in [3.05, 3.63) is 105 Å². The third kappa shape index (κ3) is 3.00. The van der Waals surface area contributed by atoms with Gasteiger partial charge in [-0.3, -0.25) is 23.7 Å². The molecule has 32 heavy (non-hydrogen) atoms. The molecule has 0 spiro atoms. The number of nitrogens with zero attached hydrogens (tertiary/aromatic N) is 3. The Balaban J connectivity index is 1.80. The van der Waals surface area contributed by atoms with Crippen LogP contribution in [0.4, 0.5) is 0 Å². The van der Waals surface area contributed by atoms with Crippen molar-refractivity contribution in [1.29, 1.82) is 0 Å². The molecule has 6 nitrogen and oxygen atoms in total. The second-order valence-corrected chi connectivity index (χ2v) is 7.77. The van der Waals surface area contributed by atoms with E-state index in [-0.39, 0.29) is 11.1 Å². The number of fused-ring (bicyclic) bond motifs is 3. The largest absolute Gasteiger partial charge is 0.495 e. The van der Waals surface area contributed by atoms with Crippen LogP contribution in [0.25, 0.3) is 33.1 Å². The monoisotopic (exact) mass is 423 g/mol. The zero-order valence-electron chi connectivity index (χ0n) is 18.0. The van der Waals surface area contributed by atoms with E-state index < -0.39 is 0 Å². The van der Waals surface area contributed by atoms with Crippen molar-refractivity contribution in [2.75, 3.05) is 7.11 Å². The van der Waals surface area contributed by atoms with Gasteiger partial charge in [0.15, 0.2) is 0 Å². The minimum Gasteiger partial charge on any atom is -0.495 e. The molecule has 0 atom stereocenters. The van der Waals surface area contributed by atoms with Crippen LogP contribution in [0, 0.1) is 13.8 Å². The summed E-state index contributed by atoms with van der Waals surface area (Å²) in [5, 5.41) is 1.38. The number of para-hydroxylation sites is 2. The summed E-state index contributed by atoms with van der Waals surface area (Å²) in [7, 11) is 1.56. The summed E-state index contributed by atoms with van der Waals surface area (Å²) in [6.45, 7) is 4.05. The standard InChI is InChI=1S/C26H21N3O3/c1-16-8-9-18(14-17(16)2)28-13-11-21-24(26(28)31)19-10-12-29(25(30)20(19)15-27-21)22-6-4-5-7-23(22)32-3/h4-15H,1-3H3. The van der Waals surface area contributed by atoms with Crippen LogP contribution >= 0.6 is 0 Å². The molecule has 0 aliphatic rings. The van der Waals surface area contributed by atoms with Gasteiger partial charge in [0.1, 0.15) is 5.75 Å². The van der Waals surface area contributed by atoms with Gasteiger partial charge in [-0.1, -0.05) is 18.2 Å². The third-order valence-electron chi connectivity index (χ3n) is 5.92. The van der Waals surface area contributed by atoms with Gasteiger partial charge in [0.05, 0.1) is 29.1 Å². The third-order valence-corrected chi connectivity index (χ3v) is 5.92. The van der Waals surface area contributed by atoms with E-state index in [0.717, 1.165) is 16.8 Å². The normalized spacial score (nSPS) is 11.2. The Morgan fingerprint density at radius 1 is 0.812 bits per heavy atom. The average molecular weight is 423 g/mol. The Morgan fingerprint density at radius 2 is 1.59 bits per heavy atom. The Hall–Kier alpha value is -4.19. The van der Waals surface area contributed by atoms with Crippen LogP contribution in [0.3, 0.4) is 0 Å². The zero-order valence-corrected chi connectivity index (χ0v) is 18.0. The Bertz CT molecular complexity index is 1630. The van der Waals surface area contributed by atoms with E-state index in [1.165, 1.54) is 10.8 Å². The number of rotatable bonds is 3. The number of aryl methyl sites for hydroxylation is 2. The van der Waals surface area contributed by atoms with Crippen molar-refractivity contribution >= 4 is 21.7 Å². The lowest BCUT2D eigenvalue weighted by Crippen LogP contribution is -2.21. The van der Waals surface area contributed by atoms with E-state index >= 15 is 0 Å². The lowest BCUT2D eigenvalue weighted by atomic mass is 10.1. The number of aromatic nitrogens is 3. The van der Waals surface area contributed by atoms with E-state index in [0.29, 0.717) is 33.1 Å². The van der Waals surface area contributed by atoms with Gasteiger partial charge in [0.25, 0.3) is 11.1 Å². The summed E-state index contributed by atoms with van der Waals surface area (Å²) in [6.07, 6.45) is 4.93. The first kappa shape index (κ1) is 19.8. The molecular weight excluding hydrogens is 402 g/mol. The first-order chi connectivity index (χ1) is 15.5. The molecule has 0 saturated heterocycles. The molecule has 5 rings (SSSR count). The molecule has 0 fully saturated rings. The van der Waals surface area contributed by atoms with Crippen LogP contribution in [-0.4, -0.2) is 21.2 Å². The second kappa shape index (κ2) is 7.50. The van der Waals surface area contributed by atoms with E-state index in [2.05, 4.69) is 4.98 Å². The molecule has 0 radical (unpaired) electrons. The molecule has 5 aromatic rings. The molecule has 0 saturated carbocycles. The lowest BCUT2D eigenvalue weighted by molar-refractivity contribution is 0.412. The first-order valence-corrected chi connectivity index (χ1v) is 10.3. The minimum atomic E-state index is -0.262. The summed E-state index contributed by atoms with van der Waals surface area (Å²) in [6, 6.07) is 16.8. The summed E-state index contributed by atoms with van der Waals surface area (Å²) in [5.41, 5.74) is 3.75. The predicted molar refractivity (Wildman–Crippen MR) is 126 cm³/mol. The summed E-state index contributed by atoms with van der Waals surface area (Å²) < 4.78 is 8.52. The quantitative estimate of drug-likeness (QED) is 0.406. The molecule has 0 bridgehead atoms. The molecule has 0 N–H and O–H groups in total. The van der Waals surface area contributed by atoms with Gasteiger partial charge >= 0.3 is 0 Å². The van der Waals surface area contributed by atoms with Gasteiger partial charge in [0.2, 0.25) is 0 Å². The maximum Gasteiger partial charge on any atom is 0.265 e. The van der Waals surface area contributed by atoms with Crippen molar-refractivity contribution in [1.82, 2.24) is 14.1 Å². The van der Waals surface area contributed by atoms with Crippen LogP contribution in [0.2, 0.25) is 0 Å². The van der Waals surface area contributed by atoms with E-state index in [4.69, 9.17) is 4.74 Å². The molecule has 0 unspecified atom stereocenters. The number of hydrogen-bond acceptors (Lipinski definition) is 4. The molecule has 3 heterocycles. The number of hydrogen-bond donors (Lipinski definition) is 0. The molecular formula is C26H21N3O3. The van der Waals surface area contributed by atoms with E-state index in [9.17, 15) is 9.59 Å². The van der Waals surface area contributed by atoms with Crippen LogP contribution < -0.4 is 15.9 Å². The lowest BCUT2D eigenvalue weighted by Gasteiger charge is -2.13. The second-order valence-electron chi connectivity index (χ2n) is 7.77. The minimum absolute atomic E-state index is 0.210. The number of ether oxygens (including phenoxy) is 1. The SMILES string of the molecule is COc1ccccc1-n1ccc2c(cnc3ccn(-c4ccc(C)c(C)c4)c(=O)c32)c1=O. The smallest absolute Gasteiger partial charge is 0.265 e. The Kier molecular flexibility index (Phi) is 4.63. The average Bonchev–Trinajstić information content (AvgIpc) is 2.81. The van der Waals surface area contributed by atoms with E-state index in [1.54, 1.807) is 42.3 Å². The van der Waals surface area contributed by atoms with Gasteiger partial charge in [0, 0.05) is 29.7 Å². The fourth-order valence-electron chi connectivity index (χ4n) is 4.01. The van der Waals surface area contributed by atoms with Crippen LogP contribution in [-0.2, 0) is 0 Å². The van der Waals surface area contributed by atoms with Crippen LogP contribution in [0.5, 0.6) is 5.75 Å². The molecule has 6 heteroatoms. The number of pyridine rings is 3. The maximum atomic E-state index is 13.5. The predicted octanol–water partition coefficient (Wildman–Crippen LogP) is 4.32. The van der Waals surface area contributed by atoms with Crippen molar-refractivity contribution in [3.63, 3.8) is 0 Å². The van der Waals surface area contributed by atoms with Gasteiger partial charge in [-0.25, -0.2) is 0 Å². The molecule has 158 valence electrons. The number of benzene rings is 2. The zero-order chi connectivity index (χ0) is 22.4. The maximum absolute atomic E-state index is 13.5. The summed E-state index contributed by atoms with van der Waals surface area (Å²) in [4.78, 5) is 31.3. The first-order valence-electron chi connectivity index (χ1n) is 10.3. The fourth-order valence-corrected chi connectivity index (χ4v) is 4.01. The van der Waals surface area contributed by atoms with Gasteiger partial charge in [-0.2, -0.15) is 0 Å². The van der Waals surface area contributed by atoms with Crippen molar-refractivity contribution in [2.45, 2.75) is 13.8 Å². The highest BCUT2D eigenvalue weighted by molar-refractivity contribution is 6.04. The fraction of sp³-hybridized carbons (Fsp3) is 0.115. The number of methoxy groups -OCH3 is 1. The highest BCUT2D eigenvalue weighted by atomic mass is 16.5. The molecule has 0 amide bonds. The van der Waals surface area contributed by atoms with Crippen LogP contribution in [0.15, 0.2) is 82.8 Å². The van der Waals surface area contributed by atoms with Gasteiger partial charge < -0.3 is 4.74 Å². The molecule has 3 aromatic heterocycles. The molecule has 0 aliphatic heterocycles. The summed E-state index contributed by atoms with van der Waals surface area (Å²) in [5.74, 6) is 0.583. The Morgan fingerprint density at radius 3 is 2.38 bits per heavy atom. The molecule has 2 aromatic carbocycles. The topological polar surface area (TPSA) is 66.1 Å². The van der Waals surface area contributed by atoms with E-state index in [1.807, 2.05) is 50.2 Å². The van der Waals surface area contributed by atoms with Crippen LogP contribution in [0.1, 0.15) is 11.1 Å². The van der Waals surface area contributed by atoms with Crippen molar-refractivity contribution in [2.24, 2.45) is 0 Å². The van der Waals surface area contributed by atoms with Crippen molar-refractivity contribution in [3.8, 4) is 17.1 Å². The highest BCUT2D eigenvalue weighted by Crippen LogP contribution is 2.24. The van der Waals surface area contributed by atoms with Gasteiger partial charge in [-0.05, 0) is 61.4 Å².